The van der Waals surface area contributed by atoms with Gasteiger partial charge in [-0.15, -0.1) is 0 Å². The Morgan fingerprint density at radius 2 is 2.21 bits per heavy atom. The van der Waals surface area contributed by atoms with Gasteiger partial charge in [-0.25, -0.2) is 0 Å². The first-order valence-electron chi connectivity index (χ1n) is 7.83. The summed E-state index contributed by atoms with van der Waals surface area (Å²) in [7, 11) is 0. The van der Waals surface area contributed by atoms with E-state index in [0.717, 1.165) is 11.3 Å². The number of rotatable bonds is 2. The predicted molar refractivity (Wildman–Crippen MR) is 84.0 cm³/mol. The Balaban J connectivity index is 1.62. The maximum Gasteiger partial charge on any atom is 0.254 e. The van der Waals surface area contributed by atoms with Crippen molar-refractivity contribution in [2.45, 2.75) is 25.5 Å². The third-order valence-corrected chi connectivity index (χ3v) is 4.27. The highest BCUT2D eigenvalue weighted by atomic mass is 16.5. The highest BCUT2D eigenvalue weighted by molar-refractivity contribution is 5.99. The Bertz CT molecular complexity index is 814. The number of hydrogen-bond donors (Lipinski definition) is 1. The molecule has 1 fully saturated rings. The number of fused-ring (bicyclic) bond motifs is 1. The van der Waals surface area contributed by atoms with E-state index in [1.165, 1.54) is 0 Å². The van der Waals surface area contributed by atoms with Crippen molar-refractivity contribution in [2.24, 2.45) is 0 Å². The minimum atomic E-state index is -0.608. The van der Waals surface area contributed by atoms with Crippen LogP contribution in [0.25, 0.3) is 6.08 Å². The van der Waals surface area contributed by atoms with Crippen LogP contribution >= 0.6 is 0 Å². The number of β-amino-alcohol motifs (C(OH)–C–C–N with tert-alkyl or cyclic N) is 1. The number of nitrogens with zero attached hydrogens (tertiary/aromatic N) is 3. The van der Waals surface area contributed by atoms with Gasteiger partial charge >= 0.3 is 0 Å². The predicted octanol–water partition coefficient (Wildman–Crippen LogP) is 1.49. The normalized spacial score (nSPS) is 22.8. The summed E-state index contributed by atoms with van der Waals surface area (Å²) in [4.78, 5) is 18.7. The quantitative estimate of drug-likeness (QED) is 0.899. The van der Waals surface area contributed by atoms with Gasteiger partial charge in [0.25, 0.3) is 5.91 Å². The Hall–Kier alpha value is -2.67. The van der Waals surface area contributed by atoms with Gasteiger partial charge in [0.2, 0.25) is 5.89 Å². The fraction of sp³-hybridized carbons (Fsp3) is 0.353. The van der Waals surface area contributed by atoms with Crippen molar-refractivity contribution in [3.05, 3.63) is 47.1 Å². The molecule has 1 aromatic heterocycles. The Morgan fingerprint density at radius 1 is 1.38 bits per heavy atom. The van der Waals surface area contributed by atoms with Crippen molar-refractivity contribution in [1.82, 2.24) is 15.0 Å². The van der Waals surface area contributed by atoms with Crippen molar-refractivity contribution in [2.75, 3.05) is 13.2 Å². The average molecular weight is 327 g/mol. The van der Waals surface area contributed by atoms with E-state index in [-0.39, 0.29) is 19.1 Å². The lowest BCUT2D eigenvalue weighted by molar-refractivity contribution is -0.129. The van der Waals surface area contributed by atoms with Crippen LogP contribution in [0.5, 0.6) is 5.75 Å². The Morgan fingerprint density at radius 3 is 3.00 bits per heavy atom. The Labute approximate surface area is 138 Å². The first-order chi connectivity index (χ1) is 11.6. The molecule has 1 saturated heterocycles. The fourth-order valence-corrected chi connectivity index (χ4v) is 3.14. The SMILES string of the molecule is Cc1noc([C@H]2C[C@H](O)CN2C(=O)C2=Cc3ccccc3OC2)n1. The molecule has 0 spiro atoms. The van der Waals surface area contributed by atoms with E-state index in [4.69, 9.17) is 9.26 Å². The first kappa shape index (κ1) is 14.9. The van der Waals surface area contributed by atoms with Crippen molar-refractivity contribution >= 4 is 12.0 Å². The maximum absolute atomic E-state index is 12.9. The standard InChI is InChI=1S/C17H17N3O4/c1-10-18-16(24-19-10)14-7-13(21)8-20(14)17(22)12-6-11-4-2-3-5-15(11)23-9-12/h2-6,13-14,21H,7-9H2,1H3/t13-,14+/m0/s1. The molecule has 124 valence electrons. The fourth-order valence-electron chi connectivity index (χ4n) is 3.14. The minimum Gasteiger partial charge on any atom is -0.488 e. The minimum absolute atomic E-state index is 0.179. The third kappa shape index (κ3) is 2.56. The summed E-state index contributed by atoms with van der Waals surface area (Å²) in [6.45, 7) is 2.17. The van der Waals surface area contributed by atoms with Gasteiger partial charge in [-0.3, -0.25) is 4.79 Å². The molecule has 4 rings (SSSR count). The van der Waals surface area contributed by atoms with E-state index >= 15 is 0 Å². The van der Waals surface area contributed by atoms with Gasteiger partial charge in [-0.1, -0.05) is 23.4 Å². The summed E-state index contributed by atoms with van der Waals surface area (Å²) in [6.07, 6.45) is 1.61. The molecule has 1 aromatic carbocycles. The molecule has 2 atom stereocenters. The van der Waals surface area contributed by atoms with Crippen LogP contribution in [0.1, 0.15) is 29.7 Å². The lowest BCUT2D eigenvalue weighted by Gasteiger charge is -2.25. The zero-order valence-corrected chi connectivity index (χ0v) is 13.2. The van der Waals surface area contributed by atoms with Crippen LogP contribution in [-0.2, 0) is 4.79 Å². The van der Waals surface area contributed by atoms with Crippen LogP contribution in [0.4, 0.5) is 0 Å². The second kappa shape index (κ2) is 5.76. The molecule has 0 unspecified atom stereocenters. The van der Waals surface area contributed by atoms with Crippen molar-refractivity contribution in [1.29, 1.82) is 0 Å². The van der Waals surface area contributed by atoms with Crippen LogP contribution in [0, 0.1) is 6.92 Å². The number of carbonyl (C=O) groups excluding carboxylic acids is 1. The molecule has 24 heavy (non-hydrogen) atoms. The summed E-state index contributed by atoms with van der Waals surface area (Å²) in [5, 5.41) is 13.8. The second-order valence-electron chi connectivity index (χ2n) is 6.04. The third-order valence-electron chi connectivity index (χ3n) is 4.27. The number of carbonyl (C=O) groups is 1. The number of aliphatic hydroxyl groups is 1. The summed E-state index contributed by atoms with van der Waals surface area (Å²) in [6, 6.07) is 7.16. The van der Waals surface area contributed by atoms with Crippen molar-refractivity contribution in [3.8, 4) is 5.75 Å². The number of benzene rings is 1. The molecule has 0 saturated carbocycles. The molecule has 7 heteroatoms. The molecule has 7 nitrogen and oxygen atoms in total. The lowest BCUT2D eigenvalue weighted by Crippen LogP contribution is -2.35. The van der Waals surface area contributed by atoms with Gasteiger partial charge in [-0.05, 0) is 19.1 Å². The molecule has 3 heterocycles. The Kier molecular flexibility index (Phi) is 3.57. The van der Waals surface area contributed by atoms with E-state index in [0.29, 0.717) is 23.7 Å². The van der Waals surface area contributed by atoms with Gasteiger partial charge in [0.15, 0.2) is 5.82 Å². The summed E-state index contributed by atoms with van der Waals surface area (Å²) >= 11 is 0. The summed E-state index contributed by atoms with van der Waals surface area (Å²) < 4.78 is 10.9. The zero-order valence-electron chi connectivity index (χ0n) is 13.2. The zero-order chi connectivity index (χ0) is 16.7. The van der Waals surface area contributed by atoms with Crippen molar-refractivity contribution in [3.63, 3.8) is 0 Å². The molecule has 1 N–H and O–H groups in total. The van der Waals surface area contributed by atoms with Crippen LogP contribution in [0.2, 0.25) is 0 Å². The van der Waals surface area contributed by atoms with E-state index in [1.54, 1.807) is 11.8 Å². The smallest absolute Gasteiger partial charge is 0.254 e. The van der Waals surface area contributed by atoms with Crippen LogP contribution in [-0.4, -0.2) is 45.3 Å². The topological polar surface area (TPSA) is 88.7 Å². The largest absolute Gasteiger partial charge is 0.488 e. The van der Waals surface area contributed by atoms with Crippen LogP contribution in [0.15, 0.2) is 34.4 Å². The second-order valence-corrected chi connectivity index (χ2v) is 6.04. The van der Waals surface area contributed by atoms with E-state index in [9.17, 15) is 9.90 Å². The van der Waals surface area contributed by atoms with Crippen LogP contribution in [0.3, 0.4) is 0 Å². The summed E-state index contributed by atoms with van der Waals surface area (Å²) in [5.74, 6) is 1.45. The highest BCUT2D eigenvalue weighted by Gasteiger charge is 2.40. The van der Waals surface area contributed by atoms with E-state index < -0.39 is 12.1 Å². The molecule has 1 amide bonds. The lowest BCUT2D eigenvalue weighted by atomic mass is 10.1. The monoisotopic (exact) mass is 327 g/mol. The number of amides is 1. The molecule has 0 radical (unpaired) electrons. The number of para-hydroxylation sites is 1. The van der Waals surface area contributed by atoms with Gasteiger partial charge in [0.1, 0.15) is 18.4 Å². The van der Waals surface area contributed by atoms with Crippen LogP contribution < -0.4 is 4.74 Å². The average Bonchev–Trinajstić information content (AvgIpc) is 3.19. The number of likely N-dealkylation sites (tertiary alicyclic amines) is 1. The number of hydrogen-bond acceptors (Lipinski definition) is 6. The van der Waals surface area contributed by atoms with E-state index in [2.05, 4.69) is 10.1 Å². The molecular weight excluding hydrogens is 310 g/mol. The highest BCUT2D eigenvalue weighted by Crippen LogP contribution is 2.34. The van der Waals surface area contributed by atoms with Crippen molar-refractivity contribution < 1.29 is 19.2 Å². The molecule has 2 aliphatic rings. The van der Waals surface area contributed by atoms with Gasteiger partial charge in [0, 0.05) is 18.5 Å². The number of ether oxygens (including phenoxy) is 1. The number of aromatic nitrogens is 2. The van der Waals surface area contributed by atoms with Gasteiger partial charge in [0.05, 0.1) is 11.7 Å². The first-order valence-corrected chi connectivity index (χ1v) is 7.83. The van der Waals surface area contributed by atoms with Gasteiger partial charge < -0.3 is 19.3 Å². The molecule has 0 bridgehead atoms. The molecule has 0 aliphatic carbocycles. The summed E-state index contributed by atoms with van der Waals surface area (Å²) in [5.41, 5.74) is 1.42. The molecular formula is C17H17N3O4. The number of aryl methyl sites for hydroxylation is 1. The van der Waals surface area contributed by atoms with E-state index in [1.807, 2.05) is 30.3 Å². The maximum atomic E-state index is 12.9. The molecule has 2 aliphatic heterocycles. The molecule has 2 aromatic rings. The van der Waals surface area contributed by atoms with Gasteiger partial charge in [-0.2, -0.15) is 4.98 Å². The number of aliphatic hydroxyl groups excluding tert-OH is 1.